The van der Waals surface area contributed by atoms with Crippen molar-refractivity contribution in [1.29, 1.82) is 0 Å². The van der Waals surface area contributed by atoms with Gasteiger partial charge in [-0.2, -0.15) is 0 Å². The van der Waals surface area contributed by atoms with Crippen LogP contribution in [0.1, 0.15) is 21.5 Å². The molecular weight excluding hydrogens is 472 g/mol. The lowest BCUT2D eigenvalue weighted by molar-refractivity contribution is -0.115. The van der Waals surface area contributed by atoms with E-state index in [1.807, 2.05) is 67.6 Å². The van der Waals surface area contributed by atoms with Crippen LogP contribution in [-0.2, 0) is 4.79 Å². The van der Waals surface area contributed by atoms with Gasteiger partial charge in [-0.3, -0.25) is 4.79 Å². The molecule has 4 aromatic rings. The monoisotopic (exact) mass is 494 g/mol. The maximum absolute atomic E-state index is 13.1. The molecule has 0 aliphatic carbocycles. The summed E-state index contributed by atoms with van der Waals surface area (Å²) < 4.78 is 11.2. The van der Waals surface area contributed by atoms with Crippen LogP contribution in [-0.4, -0.2) is 24.2 Å². The Morgan fingerprint density at radius 3 is 2.53 bits per heavy atom. The second-order valence-electron chi connectivity index (χ2n) is 8.14. The van der Waals surface area contributed by atoms with Crippen molar-refractivity contribution in [2.75, 3.05) is 7.11 Å². The highest BCUT2D eigenvalue weighted by molar-refractivity contribution is 8.18. The molecule has 0 spiro atoms. The molecular formula is C29H22N2O4S. The maximum Gasteiger partial charge on any atom is 0.344 e. The third-order valence-corrected chi connectivity index (χ3v) is 6.52. The van der Waals surface area contributed by atoms with Crippen LogP contribution in [0.4, 0.5) is 5.69 Å². The van der Waals surface area contributed by atoms with Crippen LogP contribution < -0.4 is 14.8 Å². The molecule has 6 nitrogen and oxygen atoms in total. The van der Waals surface area contributed by atoms with Crippen molar-refractivity contribution in [2.24, 2.45) is 4.99 Å². The van der Waals surface area contributed by atoms with Crippen LogP contribution in [0.5, 0.6) is 11.5 Å². The highest BCUT2D eigenvalue weighted by Crippen LogP contribution is 2.33. The summed E-state index contributed by atoms with van der Waals surface area (Å²) in [5.74, 6) is -0.0518. The summed E-state index contributed by atoms with van der Waals surface area (Å²) in [4.78, 5) is 30.6. The lowest BCUT2D eigenvalue weighted by Gasteiger charge is -2.11. The fourth-order valence-electron chi connectivity index (χ4n) is 3.79. The van der Waals surface area contributed by atoms with Gasteiger partial charge in [-0.15, -0.1) is 0 Å². The Balaban J connectivity index is 1.40. The van der Waals surface area contributed by atoms with Gasteiger partial charge in [0.25, 0.3) is 5.91 Å². The van der Waals surface area contributed by atoms with Crippen LogP contribution in [0.2, 0.25) is 0 Å². The molecule has 36 heavy (non-hydrogen) atoms. The number of amidine groups is 1. The fraction of sp³-hybridized carbons (Fsp3) is 0.0690. The van der Waals surface area contributed by atoms with Crippen LogP contribution in [0.3, 0.4) is 0 Å². The second kappa shape index (κ2) is 10.1. The predicted octanol–water partition coefficient (Wildman–Crippen LogP) is 6.27. The number of nitrogens with one attached hydrogen (secondary N) is 1. The molecule has 0 bridgehead atoms. The van der Waals surface area contributed by atoms with Crippen LogP contribution in [0.25, 0.3) is 16.8 Å². The molecule has 1 fully saturated rings. The third-order valence-electron chi connectivity index (χ3n) is 5.61. The van der Waals surface area contributed by atoms with Gasteiger partial charge in [-0.1, -0.05) is 60.2 Å². The number of methoxy groups -OCH3 is 1. The molecule has 1 saturated heterocycles. The average molecular weight is 495 g/mol. The van der Waals surface area contributed by atoms with Crippen molar-refractivity contribution >= 4 is 51.3 Å². The van der Waals surface area contributed by atoms with E-state index in [2.05, 4.69) is 10.3 Å². The van der Waals surface area contributed by atoms with E-state index in [0.29, 0.717) is 26.9 Å². The normalized spacial score (nSPS) is 15.3. The highest BCUT2D eigenvalue weighted by Gasteiger charge is 2.24. The summed E-state index contributed by atoms with van der Waals surface area (Å²) in [5.41, 5.74) is 3.04. The molecule has 0 aromatic heterocycles. The second-order valence-corrected chi connectivity index (χ2v) is 9.17. The standard InChI is InChI=1S/C29H22N2O4S/c1-18-10-13-21(14-11-18)30-29-31-27(32)26(36-29)17-19-12-15-24(34-2)25(16-19)35-28(33)23-9-5-7-20-6-3-4-8-22(20)23/h3-17H,1-2H3,(H,30,31,32)/b26-17-. The van der Waals surface area contributed by atoms with E-state index in [9.17, 15) is 9.59 Å². The summed E-state index contributed by atoms with van der Waals surface area (Å²) in [6.45, 7) is 2.01. The molecule has 1 aliphatic rings. The predicted molar refractivity (Wildman–Crippen MR) is 144 cm³/mol. The van der Waals surface area contributed by atoms with Crippen molar-refractivity contribution in [3.05, 3.63) is 107 Å². The first-order valence-corrected chi connectivity index (χ1v) is 12.1. The van der Waals surface area contributed by atoms with E-state index >= 15 is 0 Å². The van der Waals surface area contributed by atoms with Gasteiger partial charge in [0.15, 0.2) is 16.7 Å². The molecule has 0 unspecified atom stereocenters. The van der Waals surface area contributed by atoms with Gasteiger partial charge in [-0.25, -0.2) is 9.79 Å². The Hall–Kier alpha value is -4.36. The summed E-state index contributed by atoms with van der Waals surface area (Å²) in [7, 11) is 1.51. The molecule has 1 heterocycles. The van der Waals surface area contributed by atoms with Gasteiger partial charge in [0.05, 0.1) is 23.3 Å². The zero-order valence-corrected chi connectivity index (χ0v) is 20.5. The Kier molecular flexibility index (Phi) is 6.56. The molecule has 0 atom stereocenters. The number of amides is 1. The van der Waals surface area contributed by atoms with E-state index < -0.39 is 5.97 Å². The van der Waals surface area contributed by atoms with Gasteiger partial charge in [0, 0.05) is 0 Å². The lowest BCUT2D eigenvalue weighted by Crippen LogP contribution is -2.19. The first kappa shape index (κ1) is 23.4. The fourth-order valence-corrected chi connectivity index (χ4v) is 4.63. The van der Waals surface area contributed by atoms with Crippen molar-refractivity contribution in [3.8, 4) is 11.5 Å². The molecule has 5 rings (SSSR count). The number of hydrogen-bond acceptors (Lipinski definition) is 6. The molecule has 4 aromatic carbocycles. The van der Waals surface area contributed by atoms with Crippen molar-refractivity contribution in [2.45, 2.75) is 6.92 Å². The van der Waals surface area contributed by atoms with Crippen LogP contribution in [0.15, 0.2) is 94.8 Å². The number of carbonyl (C=O) groups is 2. The molecule has 178 valence electrons. The van der Waals surface area contributed by atoms with Gasteiger partial charge in [-0.05, 0) is 71.4 Å². The zero-order valence-electron chi connectivity index (χ0n) is 19.6. The number of carbonyl (C=O) groups excluding carboxylic acids is 2. The SMILES string of the molecule is COc1ccc(/C=C2\SC(=Nc3ccc(C)cc3)NC2=O)cc1OC(=O)c1cccc2ccccc12. The van der Waals surface area contributed by atoms with E-state index in [1.165, 1.54) is 18.9 Å². The van der Waals surface area contributed by atoms with E-state index in [-0.39, 0.29) is 11.7 Å². The number of ether oxygens (including phenoxy) is 2. The number of aryl methyl sites for hydroxylation is 1. The quantitative estimate of drug-likeness (QED) is 0.201. The first-order chi connectivity index (χ1) is 17.5. The number of aliphatic imine (C=N–C) groups is 1. The van der Waals surface area contributed by atoms with E-state index in [4.69, 9.17) is 9.47 Å². The number of thioether (sulfide) groups is 1. The molecule has 1 aliphatic heterocycles. The smallest absolute Gasteiger partial charge is 0.344 e. The summed E-state index contributed by atoms with van der Waals surface area (Å²) in [5, 5.41) is 5.05. The van der Waals surface area contributed by atoms with Gasteiger partial charge < -0.3 is 14.8 Å². The number of rotatable bonds is 5. The Morgan fingerprint density at radius 1 is 0.944 bits per heavy atom. The average Bonchev–Trinajstić information content (AvgIpc) is 3.23. The number of benzene rings is 4. The number of esters is 1. The van der Waals surface area contributed by atoms with Gasteiger partial charge >= 0.3 is 5.97 Å². The first-order valence-electron chi connectivity index (χ1n) is 11.2. The Labute approximate surface area is 212 Å². The molecule has 7 heteroatoms. The maximum atomic E-state index is 13.1. The topological polar surface area (TPSA) is 77.0 Å². The molecule has 1 amide bonds. The minimum atomic E-state index is -0.490. The molecule has 0 saturated carbocycles. The zero-order chi connectivity index (χ0) is 25.1. The van der Waals surface area contributed by atoms with Crippen LogP contribution in [0, 0.1) is 6.92 Å². The lowest BCUT2D eigenvalue weighted by atomic mass is 10.0. The number of fused-ring (bicyclic) bond motifs is 1. The summed E-state index contributed by atoms with van der Waals surface area (Å²) in [6, 6.07) is 26.0. The van der Waals surface area contributed by atoms with Crippen molar-refractivity contribution < 1.29 is 19.1 Å². The number of nitrogens with zero attached hydrogens (tertiary/aromatic N) is 1. The van der Waals surface area contributed by atoms with Crippen molar-refractivity contribution in [3.63, 3.8) is 0 Å². The largest absolute Gasteiger partial charge is 0.493 e. The van der Waals surface area contributed by atoms with E-state index in [0.717, 1.165) is 22.0 Å². The van der Waals surface area contributed by atoms with Crippen molar-refractivity contribution in [1.82, 2.24) is 5.32 Å². The third kappa shape index (κ3) is 5.01. The minimum absolute atomic E-state index is 0.240. The van der Waals surface area contributed by atoms with Crippen LogP contribution >= 0.6 is 11.8 Å². The summed E-state index contributed by atoms with van der Waals surface area (Å²) >= 11 is 1.25. The molecule has 0 radical (unpaired) electrons. The van der Waals surface area contributed by atoms with Gasteiger partial charge in [0.1, 0.15) is 0 Å². The summed E-state index contributed by atoms with van der Waals surface area (Å²) in [6.07, 6.45) is 1.73. The Bertz CT molecular complexity index is 1540. The van der Waals surface area contributed by atoms with Gasteiger partial charge in [0.2, 0.25) is 0 Å². The highest BCUT2D eigenvalue weighted by atomic mass is 32.2. The Morgan fingerprint density at radius 2 is 1.72 bits per heavy atom. The number of hydrogen-bond donors (Lipinski definition) is 1. The minimum Gasteiger partial charge on any atom is -0.493 e. The molecule has 1 N–H and O–H groups in total. The van der Waals surface area contributed by atoms with E-state index in [1.54, 1.807) is 30.3 Å².